The minimum atomic E-state index is -0.432. The number of aryl methyl sites for hydroxylation is 4. The van der Waals surface area contributed by atoms with Gasteiger partial charge in [-0.15, -0.1) is 11.3 Å². The van der Waals surface area contributed by atoms with Crippen molar-refractivity contribution in [3.63, 3.8) is 0 Å². The number of ether oxygens (including phenoxy) is 2. The summed E-state index contributed by atoms with van der Waals surface area (Å²) in [6, 6.07) is 13.8. The highest BCUT2D eigenvalue weighted by Gasteiger charge is 2.23. The maximum Gasteiger partial charge on any atom is 0.348 e. The van der Waals surface area contributed by atoms with Gasteiger partial charge in [-0.1, -0.05) is 12.1 Å². The van der Waals surface area contributed by atoms with E-state index in [2.05, 4.69) is 12.1 Å². The number of benzene rings is 2. The van der Waals surface area contributed by atoms with Gasteiger partial charge in [0.25, 0.3) is 0 Å². The van der Waals surface area contributed by atoms with Gasteiger partial charge in [0.1, 0.15) is 10.6 Å². The number of methoxy groups -OCH3 is 1. The van der Waals surface area contributed by atoms with Crippen LogP contribution in [0.2, 0.25) is 0 Å². The zero-order chi connectivity index (χ0) is 20.7. The molecule has 0 fully saturated rings. The van der Waals surface area contributed by atoms with Gasteiger partial charge in [0.15, 0.2) is 12.4 Å². The molecule has 0 unspecified atom stereocenters. The molecule has 2 aliphatic carbocycles. The lowest BCUT2D eigenvalue weighted by molar-refractivity contribution is 0.0479. The number of hydrogen-bond acceptors (Lipinski definition) is 5. The fourth-order valence-electron chi connectivity index (χ4n) is 4.37. The molecule has 0 N–H and O–H groups in total. The van der Waals surface area contributed by atoms with Gasteiger partial charge in [-0.25, -0.2) is 4.79 Å². The number of esters is 1. The molecular weight excluding hydrogens is 396 g/mol. The molecule has 4 nitrogen and oxygen atoms in total. The van der Waals surface area contributed by atoms with E-state index in [1.165, 1.54) is 28.0 Å². The quantitative estimate of drug-likeness (QED) is 0.430. The van der Waals surface area contributed by atoms with Crippen molar-refractivity contribution < 1.29 is 19.1 Å². The Kier molecular flexibility index (Phi) is 4.91. The van der Waals surface area contributed by atoms with Crippen molar-refractivity contribution in [2.24, 2.45) is 0 Å². The molecular formula is C25H22O4S. The standard InChI is InChI=1S/C25H22O4S/c1-28-20-9-10-21-17(12-20)6-8-19-13-23(30-24(19)21)25(27)29-14-22(26)18-7-5-15-3-2-4-16(15)11-18/h5,7,9-13H,2-4,6,8,14H2,1H3. The Morgan fingerprint density at radius 1 is 0.900 bits per heavy atom. The van der Waals surface area contributed by atoms with Crippen molar-refractivity contribution >= 4 is 23.1 Å². The summed E-state index contributed by atoms with van der Waals surface area (Å²) in [5.74, 6) is 0.259. The molecule has 0 saturated heterocycles. The number of carbonyl (C=O) groups is 2. The molecule has 0 amide bonds. The third-order valence-electron chi connectivity index (χ3n) is 5.99. The third kappa shape index (κ3) is 3.43. The summed E-state index contributed by atoms with van der Waals surface area (Å²) in [4.78, 5) is 26.8. The minimum absolute atomic E-state index is 0.156. The highest BCUT2D eigenvalue weighted by Crippen LogP contribution is 2.41. The monoisotopic (exact) mass is 418 g/mol. The summed E-state index contributed by atoms with van der Waals surface area (Å²) < 4.78 is 10.7. The summed E-state index contributed by atoms with van der Waals surface area (Å²) >= 11 is 1.44. The van der Waals surface area contributed by atoms with E-state index in [0.717, 1.165) is 53.9 Å². The molecule has 0 atom stereocenters. The summed E-state index contributed by atoms with van der Waals surface area (Å²) in [5.41, 5.74) is 6.73. The van der Waals surface area contributed by atoms with Crippen LogP contribution in [0.5, 0.6) is 5.75 Å². The average Bonchev–Trinajstić information content (AvgIpc) is 3.43. The van der Waals surface area contributed by atoms with Crippen LogP contribution in [0.1, 0.15) is 48.7 Å². The second kappa shape index (κ2) is 7.73. The number of hydrogen-bond donors (Lipinski definition) is 0. The maximum absolute atomic E-state index is 12.6. The van der Waals surface area contributed by atoms with E-state index in [1.807, 2.05) is 30.3 Å². The molecule has 1 aromatic heterocycles. The molecule has 5 heteroatoms. The number of rotatable bonds is 5. The Hall–Kier alpha value is -2.92. The van der Waals surface area contributed by atoms with E-state index in [1.54, 1.807) is 7.11 Å². The maximum atomic E-state index is 12.6. The molecule has 5 rings (SSSR count). The van der Waals surface area contributed by atoms with Crippen molar-refractivity contribution in [1.82, 2.24) is 0 Å². The lowest BCUT2D eigenvalue weighted by Crippen LogP contribution is -2.13. The predicted octanol–water partition coefficient (Wildman–Crippen LogP) is 5.05. The van der Waals surface area contributed by atoms with Crippen LogP contribution in [0.3, 0.4) is 0 Å². The SMILES string of the molecule is COc1ccc2c(c1)CCc1cc(C(=O)OCC(=O)c3ccc4c(c3)CCC4)sc1-2. The molecule has 152 valence electrons. The summed E-state index contributed by atoms with van der Waals surface area (Å²) in [7, 11) is 1.67. The topological polar surface area (TPSA) is 52.6 Å². The van der Waals surface area contributed by atoms with Crippen molar-refractivity contribution in [2.75, 3.05) is 13.7 Å². The van der Waals surface area contributed by atoms with Crippen LogP contribution in [0, 0.1) is 0 Å². The van der Waals surface area contributed by atoms with E-state index in [9.17, 15) is 9.59 Å². The number of carbonyl (C=O) groups excluding carboxylic acids is 2. The first-order chi connectivity index (χ1) is 14.6. The second-order valence-corrected chi connectivity index (χ2v) is 8.88. The largest absolute Gasteiger partial charge is 0.497 e. The van der Waals surface area contributed by atoms with Gasteiger partial charge in [-0.3, -0.25) is 4.79 Å². The van der Waals surface area contributed by atoms with Crippen LogP contribution in [0.4, 0.5) is 0 Å². The van der Waals surface area contributed by atoms with E-state index < -0.39 is 5.97 Å². The van der Waals surface area contributed by atoms with Crippen LogP contribution >= 0.6 is 11.3 Å². The van der Waals surface area contributed by atoms with E-state index in [0.29, 0.717) is 10.4 Å². The first-order valence-corrected chi connectivity index (χ1v) is 11.1. The second-order valence-electron chi connectivity index (χ2n) is 7.82. The molecule has 1 heterocycles. The normalized spacial score (nSPS) is 13.9. The fraction of sp³-hybridized carbons (Fsp3) is 0.280. The Bertz CT molecular complexity index is 1160. The van der Waals surface area contributed by atoms with Crippen LogP contribution in [-0.2, 0) is 30.4 Å². The average molecular weight is 419 g/mol. The first-order valence-electron chi connectivity index (χ1n) is 10.2. The summed E-state index contributed by atoms with van der Waals surface area (Å²) in [6.07, 6.45) is 5.04. The molecule has 0 spiro atoms. The Labute approximate surface area is 179 Å². The Morgan fingerprint density at radius 3 is 2.60 bits per heavy atom. The zero-order valence-corrected chi connectivity index (χ0v) is 17.6. The number of thiophene rings is 1. The van der Waals surface area contributed by atoms with Gasteiger partial charge in [0.2, 0.25) is 0 Å². The van der Waals surface area contributed by atoms with Gasteiger partial charge in [0, 0.05) is 10.4 Å². The molecule has 0 aliphatic heterocycles. The third-order valence-corrected chi connectivity index (χ3v) is 7.18. The van der Waals surface area contributed by atoms with E-state index in [4.69, 9.17) is 9.47 Å². The van der Waals surface area contributed by atoms with Gasteiger partial charge in [-0.2, -0.15) is 0 Å². The minimum Gasteiger partial charge on any atom is -0.497 e. The lowest BCUT2D eigenvalue weighted by Gasteiger charge is -2.16. The van der Waals surface area contributed by atoms with Crippen molar-refractivity contribution in [2.45, 2.75) is 32.1 Å². The van der Waals surface area contributed by atoms with Crippen LogP contribution < -0.4 is 4.74 Å². The van der Waals surface area contributed by atoms with Gasteiger partial charge in [-0.05, 0) is 90.3 Å². The highest BCUT2D eigenvalue weighted by atomic mass is 32.1. The van der Waals surface area contributed by atoms with Gasteiger partial charge < -0.3 is 9.47 Å². The molecule has 0 radical (unpaired) electrons. The first kappa shape index (κ1) is 19.1. The summed E-state index contributed by atoms with van der Waals surface area (Å²) in [6.45, 7) is -0.228. The zero-order valence-electron chi connectivity index (χ0n) is 16.8. The predicted molar refractivity (Wildman–Crippen MR) is 117 cm³/mol. The van der Waals surface area contributed by atoms with E-state index >= 15 is 0 Å². The number of fused-ring (bicyclic) bond motifs is 4. The highest BCUT2D eigenvalue weighted by molar-refractivity contribution is 7.17. The van der Waals surface area contributed by atoms with Gasteiger partial charge in [0.05, 0.1) is 7.11 Å². The van der Waals surface area contributed by atoms with Crippen molar-refractivity contribution in [1.29, 1.82) is 0 Å². The smallest absolute Gasteiger partial charge is 0.348 e. The Morgan fingerprint density at radius 2 is 1.73 bits per heavy atom. The van der Waals surface area contributed by atoms with Crippen LogP contribution in [0.15, 0.2) is 42.5 Å². The van der Waals surface area contributed by atoms with Crippen LogP contribution in [0.25, 0.3) is 10.4 Å². The van der Waals surface area contributed by atoms with Crippen molar-refractivity contribution in [3.8, 4) is 16.2 Å². The molecule has 0 saturated carbocycles. The Balaban J connectivity index is 1.29. The van der Waals surface area contributed by atoms with Crippen molar-refractivity contribution in [3.05, 3.63) is 75.2 Å². The van der Waals surface area contributed by atoms with Crippen LogP contribution in [-0.4, -0.2) is 25.5 Å². The fourth-order valence-corrected chi connectivity index (χ4v) is 5.53. The van der Waals surface area contributed by atoms with E-state index in [-0.39, 0.29) is 12.4 Å². The molecule has 30 heavy (non-hydrogen) atoms. The van der Waals surface area contributed by atoms with Gasteiger partial charge >= 0.3 is 5.97 Å². The summed E-state index contributed by atoms with van der Waals surface area (Å²) in [5, 5.41) is 0. The molecule has 3 aromatic rings. The number of Topliss-reactive ketones (excluding diaryl/α,β-unsaturated/α-hetero) is 1. The molecule has 2 aromatic carbocycles. The molecule has 2 aliphatic rings. The number of ketones is 1. The lowest BCUT2D eigenvalue weighted by atomic mass is 9.91. The molecule has 0 bridgehead atoms.